The molecular weight excluding hydrogens is 400 g/mol. The van der Waals surface area contributed by atoms with E-state index in [4.69, 9.17) is 4.74 Å². The summed E-state index contributed by atoms with van der Waals surface area (Å²) in [5, 5.41) is 14.4. The summed E-state index contributed by atoms with van der Waals surface area (Å²) >= 11 is 0. The van der Waals surface area contributed by atoms with Crippen molar-refractivity contribution in [2.24, 2.45) is 0 Å². The van der Waals surface area contributed by atoms with Gasteiger partial charge in [0.15, 0.2) is 11.4 Å². The summed E-state index contributed by atoms with van der Waals surface area (Å²) in [7, 11) is 1.48. The Morgan fingerprint density at radius 2 is 1.84 bits per heavy atom. The van der Waals surface area contributed by atoms with E-state index < -0.39 is 17.2 Å². The number of para-hydroxylation sites is 2. The molecule has 0 spiro atoms. The van der Waals surface area contributed by atoms with E-state index in [1.807, 2.05) is 13.0 Å². The number of rotatable bonds is 4. The van der Waals surface area contributed by atoms with Crippen molar-refractivity contribution in [3.8, 4) is 17.2 Å². The molecule has 0 unspecified atom stereocenters. The molecule has 3 aromatic rings. The fourth-order valence-corrected chi connectivity index (χ4v) is 3.48. The summed E-state index contributed by atoms with van der Waals surface area (Å²) in [5.41, 5.74) is 0.503. The lowest BCUT2D eigenvalue weighted by molar-refractivity contribution is 0.0735. The minimum atomic E-state index is -0.567. The summed E-state index contributed by atoms with van der Waals surface area (Å²) in [6.45, 7) is 3.91. The number of aromatic hydroxyl groups is 1. The molecule has 0 atom stereocenters. The highest BCUT2D eigenvalue weighted by atomic mass is 16.5. The van der Waals surface area contributed by atoms with Gasteiger partial charge >= 0.3 is 0 Å². The Morgan fingerprint density at radius 3 is 2.55 bits per heavy atom. The zero-order valence-electron chi connectivity index (χ0n) is 17.2. The molecule has 0 saturated carbocycles. The maximum absolute atomic E-state index is 13.1. The Balaban J connectivity index is 1.57. The summed E-state index contributed by atoms with van der Waals surface area (Å²) in [6, 6.07) is 9.72. The van der Waals surface area contributed by atoms with Crippen LogP contribution in [0.5, 0.6) is 11.5 Å². The van der Waals surface area contributed by atoms with E-state index in [9.17, 15) is 14.7 Å². The number of carbonyl (C=O) groups excluding carboxylic acids is 1. The van der Waals surface area contributed by atoms with Crippen LogP contribution >= 0.6 is 0 Å². The smallest absolute Gasteiger partial charge is 0.278 e. The van der Waals surface area contributed by atoms with Gasteiger partial charge in [-0.3, -0.25) is 9.59 Å². The number of benzene rings is 1. The normalized spacial score (nSPS) is 13.9. The number of nitrogens with zero attached hydrogens (tertiary/aromatic N) is 6. The minimum Gasteiger partial charge on any atom is -0.505 e. The van der Waals surface area contributed by atoms with Gasteiger partial charge in [-0.2, -0.15) is 9.78 Å². The first-order valence-electron chi connectivity index (χ1n) is 9.77. The van der Waals surface area contributed by atoms with Crippen molar-refractivity contribution in [1.82, 2.24) is 24.6 Å². The third kappa shape index (κ3) is 4.04. The number of aromatic nitrogens is 4. The molecule has 4 rings (SSSR count). The molecule has 1 aliphatic heterocycles. The molecule has 1 amide bonds. The van der Waals surface area contributed by atoms with Crippen LogP contribution in [-0.4, -0.2) is 69.0 Å². The van der Waals surface area contributed by atoms with Gasteiger partial charge in [-0.15, -0.1) is 0 Å². The topological polar surface area (TPSA) is 114 Å². The Morgan fingerprint density at radius 1 is 1.10 bits per heavy atom. The number of ether oxygens (including phenoxy) is 1. The number of aryl methyl sites for hydroxylation is 1. The van der Waals surface area contributed by atoms with E-state index >= 15 is 0 Å². The lowest BCUT2D eigenvalue weighted by atomic mass is 10.2. The number of piperazine rings is 1. The van der Waals surface area contributed by atoms with Gasteiger partial charge in [0.25, 0.3) is 11.5 Å². The molecule has 1 fully saturated rings. The molecule has 160 valence electrons. The highest BCUT2D eigenvalue weighted by Gasteiger charge is 2.27. The molecule has 10 nitrogen and oxygen atoms in total. The molecule has 1 N–H and O–H groups in total. The van der Waals surface area contributed by atoms with Crippen LogP contribution < -0.4 is 15.2 Å². The van der Waals surface area contributed by atoms with Crippen molar-refractivity contribution >= 4 is 11.7 Å². The van der Waals surface area contributed by atoms with E-state index in [2.05, 4.69) is 20.0 Å². The molecule has 3 heterocycles. The Hall–Kier alpha value is -3.95. The van der Waals surface area contributed by atoms with Crippen LogP contribution in [0.1, 0.15) is 16.2 Å². The molecule has 0 aliphatic carbocycles. The predicted molar refractivity (Wildman–Crippen MR) is 113 cm³/mol. The molecule has 2 aromatic heterocycles. The maximum Gasteiger partial charge on any atom is 0.278 e. The standard InChI is InChI=1S/C21H22N6O4/c1-14-11-18(23-13-22-14)25-7-9-26(10-8-25)21(30)20-16(28)12-19(29)27(24-20)15-5-3-4-6-17(15)31-2/h3-6,11-13,28H,7-10H2,1-2H3. The minimum absolute atomic E-state index is 0.183. The summed E-state index contributed by atoms with van der Waals surface area (Å²) in [4.78, 5) is 37.6. The molecular formula is C21H22N6O4. The molecule has 1 aliphatic rings. The molecule has 31 heavy (non-hydrogen) atoms. The van der Waals surface area contributed by atoms with Gasteiger partial charge in [-0.1, -0.05) is 12.1 Å². The van der Waals surface area contributed by atoms with E-state index in [0.717, 1.165) is 22.3 Å². The van der Waals surface area contributed by atoms with Crippen molar-refractivity contribution < 1.29 is 14.6 Å². The van der Waals surface area contributed by atoms with E-state index in [-0.39, 0.29) is 5.69 Å². The monoisotopic (exact) mass is 422 g/mol. The van der Waals surface area contributed by atoms with Crippen LogP contribution in [0.3, 0.4) is 0 Å². The van der Waals surface area contributed by atoms with Crippen molar-refractivity contribution in [2.45, 2.75) is 6.92 Å². The third-order valence-electron chi connectivity index (χ3n) is 5.11. The number of carbonyl (C=O) groups is 1. The van der Waals surface area contributed by atoms with Crippen molar-refractivity contribution in [2.75, 3.05) is 38.2 Å². The van der Waals surface area contributed by atoms with Gasteiger partial charge in [0.1, 0.15) is 23.6 Å². The number of hydrogen-bond acceptors (Lipinski definition) is 8. The van der Waals surface area contributed by atoms with Crippen molar-refractivity contribution in [1.29, 1.82) is 0 Å². The van der Waals surface area contributed by atoms with Crippen LogP contribution in [0, 0.1) is 6.92 Å². The highest BCUT2D eigenvalue weighted by molar-refractivity contribution is 5.94. The number of methoxy groups -OCH3 is 1. The van der Waals surface area contributed by atoms with Crippen LogP contribution in [0.2, 0.25) is 0 Å². The first-order chi connectivity index (χ1) is 15.0. The SMILES string of the molecule is COc1ccccc1-n1nc(C(=O)N2CCN(c3cc(C)ncn3)CC2)c(O)cc1=O. The van der Waals surface area contributed by atoms with Crippen LogP contribution in [0.25, 0.3) is 5.69 Å². The average Bonchev–Trinajstić information content (AvgIpc) is 2.79. The molecule has 1 saturated heterocycles. The average molecular weight is 422 g/mol. The Labute approximate surface area is 178 Å². The summed E-state index contributed by atoms with van der Waals surface area (Å²) in [5.74, 6) is 0.343. The zero-order valence-corrected chi connectivity index (χ0v) is 17.2. The van der Waals surface area contributed by atoms with Gasteiger partial charge in [-0.25, -0.2) is 9.97 Å². The van der Waals surface area contributed by atoms with Gasteiger partial charge < -0.3 is 19.6 Å². The largest absolute Gasteiger partial charge is 0.505 e. The second kappa shape index (κ2) is 8.42. The van der Waals surface area contributed by atoms with Gasteiger partial charge in [-0.05, 0) is 19.1 Å². The summed E-state index contributed by atoms with van der Waals surface area (Å²) < 4.78 is 6.35. The fraction of sp³-hybridized carbons (Fsp3) is 0.286. The number of hydrogen-bond donors (Lipinski definition) is 1. The lowest BCUT2D eigenvalue weighted by Gasteiger charge is -2.35. The second-order valence-corrected chi connectivity index (χ2v) is 7.10. The van der Waals surface area contributed by atoms with E-state index in [0.29, 0.717) is 37.6 Å². The van der Waals surface area contributed by atoms with E-state index in [1.165, 1.54) is 13.4 Å². The van der Waals surface area contributed by atoms with Crippen LogP contribution in [0.15, 0.2) is 47.5 Å². The number of anilines is 1. The van der Waals surface area contributed by atoms with Crippen molar-refractivity contribution in [3.63, 3.8) is 0 Å². The fourth-order valence-electron chi connectivity index (χ4n) is 3.48. The Bertz CT molecular complexity index is 1170. The van der Waals surface area contributed by atoms with Gasteiger partial charge in [0.2, 0.25) is 0 Å². The molecule has 0 bridgehead atoms. The molecule has 0 radical (unpaired) electrons. The lowest BCUT2D eigenvalue weighted by Crippen LogP contribution is -2.49. The Kier molecular flexibility index (Phi) is 5.52. The zero-order chi connectivity index (χ0) is 22.0. The van der Waals surface area contributed by atoms with Crippen molar-refractivity contribution in [3.05, 3.63) is 64.5 Å². The van der Waals surface area contributed by atoms with Gasteiger partial charge in [0, 0.05) is 44.0 Å². The van der Waals surface area contributed by atoms with Gasteiger partial charge in [0.05, 0.1) is 7.11 Å². The first kappa shape index (κ1) is 20.3. The highest BCUT2D eigenvalue weighted by Crippen LogP contribution is 2.22. The first-order valence-corrected chi connectivity index (χ1v) is 9.77. The molecule has 10 heteroatoms. The maximum atomic E-state index is 13.1. The van der Waals surface area contributed by atoms with E-state index in [1.54, 1.807) is 29.2 Å². The summed E-state index contributed by atoms with van der Waals surface area (Å²) in [6.07, 6.45) is 1.52. The van der Waals surface area contributed by atoms with Crippen LogP contribution in [0.4, 0.5) is 5.82 Å². The second-order valence-electron chi connectivity index (χ2n) is 7.10. The van der Waals surface area contributed by atoms with Crippen LogP contribution in [-0.2, 0) is 0 Å². The quantitative estimate of drug-likeness (QED) is 0.663. The predicted octanol–water partition coefficient (Wildman–Crippen LogP) is 1.01. The molecule has 1 aromatic carbocycles. The third-order valence-corrected chi connectivity index (χ3v) is 5.11. The number of amides is 1.